The van der Waals surface area contributed by atoms with Crippen LogP contribution in [0.4, 0.5) is 8.78 Å². The first-order valence-electron chi connectivity index (χ1n) is 13.1. The third-order valence-corrected chi connectivity index (χ3v) is 9.36. The van der Waals surface area contributed by atoms with Crippen molar-refractivity contribution < 1.29 is 23.0 Å². The van der Waals surface area contributed by atoms with Gasteiger partial charge in [0.25, 0.3) is 5.92 Å². The van der Waals surface area contributed by atoms with Crippen LogP contribution in [-0.4, -0.2) is 22.8 Å². The second-order valence-corrected chi connectivity index (χ2v) is 12.3. The van der Waals surface area contributed by atoms with E-state index in [4.69, 9.17) is 21.1 Å². The Bertz CT molecular complexity index is 1620. The summed E-state index contributed by atoms with van der Waals surface area (Å²) in [5.41, 5.74) is 5.19. The topological polar surface area (TPSA) is 38.8 Å². The molecule has 0 bridgehead atoms. The summed E-state index contributed by atoms with van der Waals surface area (Å²) in [5, 5.41) is 2.18. The van der Waals surface area contributed by atoms with Gasteiger partial charge >= 0.3 is 5.97 Å². The van der Waals surface area contributed by atoms with Gasteiger partial charge in [-0.05, 0) is 58.8 Å². The van der Waals surface area contributed by atoms with Gasteiger partial charge in [-0.2, -0.15) is 0 Å². The maximum Gasteiger partial charge on any atom is 0.338 e. The molecule has 8 heteroatoms. The zero-order valence-corrected chi connectivity index (χ0v) is 24.6. The number of hydrogen-bond donors (Lipinski definition) is 0. The number of ether oxygens (including phenoxy) is 2. The van der Waals surface area contributed by atoms with Gasteiger partial charge in [-0.1, -0.05) is 82.9 Å². The van der Waals surface area contributed by atoms with Crippen LogP contribution in [0.15, 0.2) is 89.8 Å². The molecule has 212 valence electrons. The number of fused-ring (bicyclic) bond motifs is 1. The predicted octanol–water partition coefficient (Wildman–Crippen LogP) is 8.87. The molecule has 1 aliphatic heterocycles. The molecule has 0 radical (unpaired) electrons. The van der Waals surface area contributed by atoms with Crippen LogP contribution in [-0.2, 0) is 30.4 Å². The fourth-order valence-corrected chi connectivity index (χ4v) is 7.27. The first kappa shape index (κ1) is 29.0. The summed E-state index contributed by atoms with van der Waals surface area (Å²) in [7, 11) is 1.18. The first-order chi connectivity index (χ1) is 19.7. The Balaban J connectivity index is 1.46. The molecule has 4 nitrogen and oxygen atoms in total. The zero-order valence-electron chi connectivity index (χ0n) is 23.0. The van der Waals surface area contributed by atoms with Crippen LogP contribution in [0.25, 0.3) is 11.1 Å². The quantitative estimate of drug-likeness (QED) is 0.143. The van der Waals surface area contributed by atoms with Gasteiger partial charge in [-0.25, -0.2) is 17.9 Å². The molecule has 41 heavy (non-hydrogen) atoms. The van der Waals surface area contributed by atoms with Crippen molar-refractivity contribution in [2.75, 3.05) is 7.11 Å². The minimum absolute atomic E-state index is 0.0511. The van der Waals surface area contributed by atoms with E-state index in [1.165, 1.54) is 6.07 Å². The molecule has 0 amide bonds. The Kier molecular flexibility index (Phi) is 8.59. The molecule has 0 spiro atoms. The van der Waals surface area contributed by atoms with Crippen molar-refractivity contribution in [1.82, 2.24) is 4.31 Å². The number of halogens is 3. The van der Waals surface area contributed by atoms with Crippen molar-refractivity contribution in [2.45, 2.75) is 44.4 Å². The third-order valence-electron chi connectivity index (χ3n) is 7.00. The number of nitrogens with zero attached hydrogens (tertiary/aromatic N) is 1. The van der Waals surface area contributed by atoms with Gasteiger partial charge in [-0.15, -0.1) is 0 Å². The fraction of sp³-hybridized carbons (Fsp3) is 0.212. The summed E-state index contributed by atoms with van der Waals surface area (Å²) < 4.78 is 41.1. The maximum absolute atomic E-state index is 14.0. The Hall–Kier alpha value is -3.52. The van der Waals surface area contributed by atoms with Crippen LogP contribution in [0.2, 0.25) is 5.02 Å². The lowest BCUT2D eigenvalue weighted by molar-refractivity contribution is 0.0175. The molecule has 0 fully saturated rings. The van der Waals surface area contributed by atoms with Gasteiger partial charge in [0.15, 0.2) is 0 Å². The molecule has 5 rings (SSSR count). The van der Waals surface area contributed by atoms with Crippen LogP contribution in [0, 0.1) is 0 Å². The average molecular weight is 594 g/mol. The highest BCUT2D eigenvalue weighted by Gasteiger charge is 2.27. The maximum atomic E-state index is 14.0. The number of esters is 1. The Morgan fingerprint density at radius 2 is 1.66 bits per heavy atom. The van der Waals surface area contributed by atoms with E-state index in [1.54, 1.807) is 19.2 Å². The number of rotatable bonds is 9. The molecule has 4 aromatic rings. The van der Waals surface area contributed by atoms with E-state index in [2.05, 4.69) is 21.8 Å². The smallest absolute Gasteiger partial charge is 0.338 e. The Morgan fingerprint density at radius 1 is 0.976 bits per heavy atom. The van der Waals surface area contributed by atoms with E-state index >= 15 is 0 Å². The summed E-state index contributed by atoms with van der Waals surface area (Å²) in [4.78, 5) is 13.1. The minimum atomic E-state index is -3.02. The summed E-state index contributed by atoms with van der Waals surface area (Å²) in [6.45, 7) is 4.25. The van der Waals surface area contributed by atoms with E-state index in [9.17, 15) is 13.6 Å². The van der Waals surface area contributed by atoms with Gasteiger partial charge in [0.2, 0.25) is 0 Å². The van der Waals surface area contributed by atoms with Gasteiger partial charge in [-0.3, -0.25) is 0 Å². The molecule has 4 aromatic carbocycles. The van der Waals surface area contributed by atoms with Crippen molar-refractivity contribution >= 4 is 33.6 Å². The lowest BCUT2D eigenvalue weighted by Gasteiger charge is -2.28. The molecule has 0 N–H and O–H groups in total. The molecule has 0 aromatic heterocycles. The first-order valence-corrected chi connectivity index (χ1v) is 14.8. The van der Waals surface area contributed by atoms with E-state index in [0.717, 1.165) is 45.4 Å². The zero-order chi connectivity index (χ0) is 29.1. The van der Waals surface area contributed by atoms with Gasteiger partial charge < -0.3 is 9.47 Å². The number of carbonyl (C=O) groups is 1. The molecule has 1 unspecified atom stereocenters. The van der Waals surface area contributed by atoms with Crippen molar-refractivity contribution in [3.63, 3.8) is 0 Å². The number of alkyl halides is 2. The summed E-state index contributed by atoms with van der Waals surface area (Å²) in [6.07, 6.45) is 0. The lowest BCUT2D eigenvalue weighted by Crippen LogP contribution is -2.18. The average Bonchev–Trinajstić information content (AvgIpc) is 3.33. The van der Waals surface area contributed by atoms with Crippen molar-refractivity contribution in [1.29, 1.82) is 0 Å². The second kappa shape index (κ2) is 12.1. The molecule has 0 aliphatic carbocycles. The van der Waals surface area contributed by atoms with Crippen LogP contribution < -0.4 is 4.74 Å². The number of cyclic esters (lactones) is 1. The highest BCUT2D eigenvalue weighted by atomic mass is 35.5. The van der Waals surface area contributed by atoms with Gasteiger partial charge in [0.1, 0.15) is 12.4 Å². The number of benzene rings is 4. The predicted molar refractivity (Wildman–Crippen MR) is 162 cm³/mol. The second-order valence-electron chi connectivity index (χ2n) is 9.85. The van der Waals surface area contributed by atoms with E-state index in [1.807, 2.05) is 61.5 Å². The number of carbonyl (C=O) groups excluding carboxylic acids is 1. The SMILES string of the molecule is C/C=S(\c1ccccc1OC)N(Cc1ccc(-c2ccc3c(c2)C(=O)OC3)cc1)Cc1ccc(C(C)(F)F)c(Cl)c1. The standard InChI is InChI=1S/C33H30ClF2NO3S/c1-4-41(31-8-6-5-7-30(31)39-3)37(20-23-11-16-28(29(34)17-23)33(2,35)36)19-22-9-12-24(13-10-22)25-14-15-26-21-40-32(38)27(26)18-25/h4-18H,19-21H2,1-3H3. The molecule has 1 atom stereocenters. The Labute approximate surface area is 246 Å². The summed E-state index contributed by atoms with van der Waals surface area (Å²) >= 11 is 6.30. The fourth-order valence-electron chi connectivity index (χ4n) is 4.92. The van der Waals surface area contributed by atoms with Crippen molar-refractivity contribution in [3.8, 4) is 16.9 Å². The molecule has 1 heterocycles. The van der Waals surface area contributed by atoms with Crippen LogP contribution >= 0.6 is 22.3 Å². The monoisotopic (exact) mass is 593 g/mol. The molecular formula is C33H30ClF2NO3S. The number of methoxy groups -OCH3 is 1. The highest BCUT2D eigenvalue weighted by molar-refractivity contribution is 8.13. The number of para-hydroxylation sites is 1. The molecule has 1 aliphatic rings. The largest absolute Gasteiger partial charge is 0.496 e. The number of hydrogen-bond acceptors (Lipinski definition) is 4. The summed E-state index contributed by atoms with van der Waals surface area (Å²) in [6, 6.07) is 26.7. The van der Waals surface area contributed by atoms with Crippen LogP contribution in [0.5, 0.6) is 5.75 Å². The minimum Gasteiger partial charge on any atom is -0.496 e. The third kappa shape index (κ3) is 6.38. The molecular weight excluding hydrogens is 564 g/mol. The van der Waals surface area contributed by atoms with Crippen LogP contribution in [0.1, 0.15) is 46.5 Å². The van der Waals surface area contributed by atoms with Crippen molar-refractivity contribution in [3.05, 3.63) is 118 Å². The van der Waals surface area contributed by atoms with E-state index in [0.29, 0.717) is 25.3 Å². The molecule has 0 saturated carbocycles. The Morgan fingerprint density at radius 3 is 2.34 bits per heavy atom. The van der Waals surface area contributed by atoms with Gasteiger partial charge in [0.05, 0.1) is 22.6 Å². The normalized spacial score (nSPS) is 13.8. The van der Waals surface area contributed by atoms with Crippen molar-refractivity contribution in [2.24, 2.45) is 0 Å². The highest BCUT2D eigenvalue weighted by Crippen LogP contribution is 2.40. The van der Waals surface area contributed by atoms with Crippen LogP contribution in [0.3, 0.4) is 0 Å². The summed E-state index contributed by atoms with van der Waals surface area (Å²) in [5.74, 6) is -2.53. The van der Waals surface area contributed by atoms with E-state index < -0.39 is 16.6 Å². The van der Waals surface area contributed by atoms with Gasteiger partial charge in [0, 0.05) is 31.1 Å². The lowest BCUT2D eigenvalue weighted by atomic mass is 9.99. The van der Waals surface area contributed by atoms with E-state index in [-0.39, 0.29) is 16.6 Å². The molecule has 0 saturated heterocycles.